The van der Waals surface area contributed by atoms with Gasteiger partial charge in [-0.1, -0.05) is 91.0 Å². The van der Waals surface area contributed by atoms with Gasteiger partial charge in [-0.3, -0.25) is 14.4 Å². The zero-order chi connectivity index (χ0) is 30.9. The van der Waals surface area contributed by atoms with E-state index in [-0.39, 0.29) is 39.1 Å². The number of nitrogens with one attached hydrogen (secondary N) is 2. The number of carboxylic acids is 1. The molecule has 3 aromatic carbocycles. The maximum atomic E-state index is 13.3. The van der Waals surface area contributed by atoms with E-state index in [1.807, 2.05) is 12.1 Å². The van der Waals surface area contributed by atoms with Crippen molar-refractivity contribution in [3.05, 3.63) is 108 Å². The minimum Gasteiger partial charge on any atom is -0.481 e. The summed E-state index contributed by atoms with van der Waals surface area (Å²) in [7, 11) is 0. The Balaban J connectivity index is 1.64. The third-order valence-electron chi connectivity index (χ3n) is 6.17. The van der Waals surface area contributed by atoms with Crippen LogP contribution in [0, 0.1) is 0 Å². The first kappa shape index (κ1) is 32.3. The lowest BCUT2D eigenvalue weighted by atomic mass is 10.1. The first-order chi connectivity index (χ1) is 20.8. The SMILES string of the molecule is O=C(O)CC[C@H](NC(=O)[C@@H](CCC(=O)OCc1ccccc1)NC(=O)OCc1ccccc1)C(=O)OCc1ccccc1. The van der Waals surface area contributed by atoms with Crippen molar-refractivity contribution in [3.8, 4) is 0 Å². The van der Waals surface area contributed by atoms with Crippen molar-refractivity contribution in [2.24, 2.45) is 0 Å². The molecule has 0 aliphatic carbocycles. The van der Waals surface area contributed by atoms with E-state index in [4.69, 9.17) is 19.3 Å². The molecule has 0 heterocycles. The molecule has 0 aliphatic heterocycles. The van der Waals surface area contributed by atoms with E-state index in [1.54, 1.807) is 78.9 Å². The van der Waals surface area contributed by atoms with E-state index in [2.05, 4.69) is 10.6 Å². The highest BCUT2D eigenvalue weighted by atomic mass is 16.6. The summed E-state index contributed by atoms with van der Waals surface area (Å²) in [6.07, 6.45) is -2.00. The maximum absolute atomic E-state index is 13.3. The summed E-state index contributed by atoms with van der Waals surface area (Å²) < 4.78 is 15.8. The summed E-state index contributed by atoms with van der Waals surface area (Å²) in [4.78, 5) is 62.4. The summed E-state index contributed by atoms with van der Waals surface area (Å²) in [6, 6.07) is 24.1. The Bertz CT molecular complexity index is 1330. The molecule has 11 nitrogen and oxygen atoms in total. The van der Waals surface area contributed by atoms with Crippen LogP contribution in [-0.4, -0.2) is 47.1 Å². The highest BCUT2D eigenvalue weighted by Crippen LogP contribution is 2.09. The smallest absolute Gasteiger partial charge is 0.408 e. The van der Waals surface area contributed by atoms with Crippen molar-refractivity contribution in [2.45, 2.75) is 57.6 Å². The second kappa shape index (κ2) is 17.6. The van der Waals surface area contributed by atoms with Gasteiger partial charge >= 0.3 is 24.0 Å². The fraction of sp³-hybridized carbons (Fsp3) is 0.281. The molecule has 0 saturated carbocycles. The van der Waals surface area contributed by atoms with Crippen molar-refractivity contribution < 1.29 is 43.3 Å². The van der Waals surface area contributed by atoms with Crippen molar-refractivity contribution in [3.63, 3.8) is 0 Å². The lowest BCUT2D eigenvalue weighted by Gasteiger charge is -2.22. The molecule has 3 N–H and O–H groups in total. The first-order valence-corrected chi connectivity index (χ1v) is 13.7. The quantitative estimate of drug-likeness (QED) is 0.166. The number of ether oxygens (including phenoxy) is 3. The maximum Gasteiger partial charge on any atom is 0.408 e. The van der Waals surface area contributed by atoms with E-state index >= 15 is 0 Å². The molecule has 0 radical (unpaired) electrons. The van der Waals surface area contributed by atoms with Crippen molar-refractivity contribution in [1.29, 1.82) is 0 Å². The van der Waals surface area contributed by atoms with Gasteiger partial charge in [0, 0.05) is 12.8 Å². The predicted octanol–water partition coefficient (Wildman–Crippen LogP) is 3.90. The zero-order valence-electron chi connectivity index (χ0n) is 23.5. The normalized spacial score (nSPS) is 11.8. The summed E-state index contributed by atoms with van der Waals surface area (Å²) >= 11 is 0. The molecule has 0 bridgehead atoms. The number of amides is 2. The van der Waals surface area contributed by atoms with Gasteiger partial charge < -0.3 is 30.0 Å². The van der Waals surface area contributed by atoms with Gasteiger partial charge in [-0.2, -0.15) is 0 Å². The number of rotatable bonds is 16. The van der Waals surface area contributed by atoms with Gasteiger partial charge in [-0.25, -0.2) is 9.59 Å². The Morgan fingerprint density at radius 3 is 1.56 bits per heavy atom. The fourth-order valence-corrected chi connectivity index (χ4v) is 3.87. The van der Waals surface area contributed by atoms with E-state index in [0.29, 0.717) is 5.56 Å². The molecular weight excluding hydrogens is 556 g/mol. The molecule has 0 unspecified atom stereocenters. The Labute approximate surface area is 249 Å². The van der Waals surface area contributed by atoms with E-state index in [1.165, 1.54) is 0 Å². The molecule has 0 saturated heterocycles. The van der Waals surface area contributed by atoms with Gasteiger partial charge in [0.25, 0.3) is 0 Å². The Morgan fingerprint density at radius 2 is 1.05 bits per heavy atom. The van der Waals surface area contributed by atoms with Gasteiger partial charge in [0.2, 0.25) is 5.91 Å². The standard InChI is InChI=1S/C32H34N2O9/c35-28(36)18-16-27(31(39)42-21-24-12-6-2-7-13-24)33-30(38)26(34-32(40)43-22-25-14-8-3-9-15-25)17-19-29(37)41-20-23-10-4-1-5-11-23/h1-15,26-27H,16-22H2,(H,33,38)(H,34,40)(H,35,36)/t26-,27+/m1/s1. The molecule has 0 aromatic heterocycles. The van der Waals surface area contributed by atoms with Crippen LogP contribution in [-0.2, 0) is 53.2 Å². The van der Waals surface area contributed by atoms with E-state index in [9.17, 15) is 24.0 Å². The number of benzene rings is 3. The lowest BCUT2D eigenvalue weighted by Crippen LogP contribution is -2.52. The topological polar surface area (TPSA) is 157 Å². The van der Waals surface area contributed by atoms with Gasteiger partial charge in [-0.15, -0.1) is 0 Å². The number of alkyl carbamates (subject to hydrolysis) is 1. The molecule has 226 valence electrons. The molecular formula is C32H34N2O9. The number of carbonyl (C=O) groups excluding carboxylic acids is 4. The second-order valence-corrected chi connectivity index (χ2v) is 9.53. The zero-order valence-corrected chi connectivity index (χ0v) is 23.5. The number of aliphatic carboxylic acids is 1. The van der Waals surface area contributed by atoms with Crippen LogP contribution in [0.5, 0.6) is 0 Å². The van der Waals surface area contributed by atoms with E-state index in [0.717, 1.165) is 11.1 Å². The van der Waals surface area contributed by atoms with Gasteiger partial charge in [0.05, 0.1) is 0 Å². The van der Waals surface area contributed by atoms with Crippen LogP contribution in [0.1, 0.15) is 42.4 Å². The lowest BCUT2D eigenvalue weighted by molar-refractivity contribution is -0.150. The van der Waals surface area contributed by atoms with Crippen LogP contribution >= 0.6 is 0 Å². The van der Waals surface area contributed by atoms with Gasteiger partial charge in [-0.05, 0) is 29.5 Å². The fourth-order valence-electron chi connectivity index (χ4n) is 3.87. The molecule has 43 heavy (non-hydrogen) atoms. The predicted molar refractivity (Wildman–Crippen MR) is 154 cm³/mol. The van der Waals surface area contributed by atoms with Crippen LogP contribution < -0.4 is 10.6 Å². The Hall–Kier alpha value is -5.19. The van der Waals surface area contributed by atoms with Crippen molar-refractivity contribution >= 4 is 29.9 Å². The number of esters is 2. The summed E-state index contributed by atoms with van der Waals surface area (Å²) in [5.74, 6) is -3.44. The second-order valence-electron chi connectivity index (χ2n) is 9.53. The molecule has 0 aliphatic rings. The molecule has 2 amide bonds. The monoisotopic (exact) mass is 590 g/mol. The molecule has 3 rings (SSSR count). The summed E-state index contributed by atoms with van der Waals surface area (Å²) in [5.41, 5.74) is 2.20. The largest absolute Gasteiger partial charge is 0.481 e. The third-order valence-corrected chi connectivity index (χ3v) is 6.17. The van der Waals surface area contributed by atoms with Crippen LogP contribution in [0.25, 0.3) is 0 Å². The molecule has 0 fully saturated rings. The molecule has 3 aromatic rings. The molecule has 0 spiro atoms. The number of carbonyl (C=O) groups is 5. The average Bonchev–Trinajstić information content (AvgIpc) is 3.03. The molecule has 11 heteroatoms. The first-order valence-electron chi connectivity index (χ1n) is 13.7. The van der Waals surface area contributed by atoms with Gasteiger partial charge in [0.15, 0.2) is 0 Å². The number of hydrogen-bond donors (Lipinski definition) is 3. The van der Waals surface area contributed by atoms with Crippen LogP contribution in [0.3, 0.4) is 0 Å². The molecule has 2 atom stereocenters. The average molecular weight is 591 g/mol. The van der Waals surface area contributed by atoms with Crippen LogP contribution in [0.15, 0.2) is 91.0 Å². The number of carboxylic acid groups (broad SMARTS) is 1. The van der Waals surface area contributed by atoms with Crippen molar-refractivity contribution in [2.75, 3.05) is 0 Å². The third kappa shape index (κ3) is 12.5. The van der Waals surface area contributed by atoms with Crippen LogP contribution in [0.2, 0.25) is 0 Å². The van der Waals surface area contributed by atoms with Crippen LogP contribution in [0.4, 0.5) is 4.79 Å². The van der Waals surface area contributed by atoms with Gasteiger partial charge in [0.1, 0.15) is 31.9 Å². The highest BCUT2D eigenvalue weighted by Gasteiger charge is 2.29. The number of hydrogen-bond acceptors (Lipinski definition) is 8. The minimum atomic E-state index is -1.32. The minimum absolute atomic E-state index is 0.0353. The Kier molecular flexibility index (Phi) is 13.2. The summed E-state index contributed by atoms with van der Waals surface area (Å²) in [5, 5.41) is 14.1. The van der Waals surface area contributed by atoms with E-state index < -0.39 is 48.4 Å². The van der Waals surface area contributed by atoms with Crippen molar-refractivity contribution in [1.82, 2.24) is 10.6 Å². The highest BCUT2D eigenvalue weighted by molar-refractivity contribution is 5.90. The summed E-state index contributed by atoms with van der Waals surface area (Å²) in [6.45, 7) is -0.110. The Morgan fingerprint density at radius 1 is 0.581 bits per heavy atom.